The van der Waals surface area contributed by atoms with E-state index in [0.717, 1.165) is 32.5 Å². The van der Waals surface area contributed by atoms with Crippen molar-refractivity contribution in [2.45, 2.75) is 45.4 Å². The van der Waals surface area contributed by atoms with Crippen molar-refractivity contribution in [1.82, 2.24) is 0 Å². The lowest BCUT2D eigenvalue weighted by molar-refractivity contribution is -0.134. The minimum atomic E-state index is -0.169. The SMILES string of the molecule is CCCCCOCCCCC(=O)Oc1ccccc1. The van der Waals surface area contributed by atoms with Crippen LogP contribution < -0.4 is 4.74 Å². The van der Waals surface area contributed by atoms with Gasteiger partial charge in [0.1, 0.15) is 5.75 Å². The van der Waals surface area contributed by atoms with Crippen LogP contribution >= 0.6 is 0 Å². The lowest BCUT2D eigenvalue weighted by Gasteiger charge is -2.05. The van der Waals surface area contributed by atoms with Crippen LogP contribution in [0.2, 0.25) is 0 Å². The van der Waals surface area contributed by atoms with E-state index in [4.69, 9.17) is 9.47 Å². The highest BCUT2D eigenvalue weighted by Crippen LogP contribution is 2.10. The van der Waals surface area contributed by atoms with E-state index in [-0.39, 0.29) is 5.97 Å². The molecule has 0 heterocycles. The largest absolute Gasteiger partial charge is 0.427 e. The van der Waals surface area contributed by atoms with E-state index in [1.165, 1.54) is 12.8 Å². The van der Waals surface area contributed by atoms with E-state index in [0.29, 0.717) is 12.2 Å². The van der Waals surface area contributed by atoms with Crippen LogP contribution in [0, 0.1) is 0 Å². The van der Waals surface area contributed by atoms with Crippen molar-refractivity contribution < 1.29 is 14.3 Å². The number of carbonyl (C=O) groups is 1. The fourth-order valence-electron chi connectivity index (χ4n) is 1.70. The summed E-state index contributed by atoms with van der Waals surface area (Å²) in [6.07, 6.45) is 5.76. The fraction of sp³-hybridized carbons (Fsp3) is 0.562. The monoisotopic (exact) mass is 264 g/mol. The van der Waals surface area contributed by atoms with Gasteiger partial charge in [0.25, 0.3) is 0 Å². The number of benzene rings is 1. The number of hydrogen-bond donors (Lipinski definition) is 0. The second-order valence-electron chi connectivity index (χ2n) is 4.56. The van der Waals surface area contributed by atoms with E-state index in [2.05, 4.69) is 6.92 Å². The van der Waals surface area contributed by atoms with Crippen LogP contribution in [-0.4, -0.2) is 19.2 Å². The number of para-hydroxylation sites is 1. The molecule has 3 nitrogen and oxygen atoms in total. The highest BCUT2D eigenvalue weighted by molar-refractivity contribution is 5.72. The standard InChI is InChI=1S/C16H24O3/c1-2-3-8-13-18-14-9-7-12-16(17)19-15-10-5-4-6-11-15/h4-6,10-11H,2-3,7-9,12-14H2,1H3. The van der Waals surface area contributed by atoms with E-state index >= 15 is 0 Å². The zero-order valence-corrected chi connectivity index (χ0v) is 11.8. The van der Waals surface area contributed by atoms with Gasteiger partial charge in [0.15, 0.2) is 0 Å². The predicted molar refractivity (Wildman–Crippen MR) is 76.3 cm³/mol. The van der Waals surface area contributed by atoms with Crippen molar-refractivity contribution in [3.8, 4) is 5.75 Å². The van der Waals surface area contributed by atoms with Crippen LogP contribution in [0.25, 0.3) is 0 Å². The fourth-order valence-corrected chi connectivity index (χ4v) is 1.70. The molecule has 106 valence electrons. The van der Waals surface area contributed by atoms with Gasteiger partial charge in [-0.25, -0.2) is 0 Å². The summed E-state index contributed by atoms with van der Waals surface area (Å²) >= 11 is 0. The maximum Gasteiger partial charge on any atom is 0.311 e. The molecule has 0 saturated heterocycles. The van der Waals surface area contributed by atoms with Crippen molar-refractivity contribution in [3.63, 3.8) is 0 Å². The van der Waals surface area contributed by atoms with Gasteiger partial charge in [-0.05, 0) is 31.4 Å². The van der Waals surface area contributed by atoms with Crippen LogP contribution in [0.3, 0.4) is 0 Å². The van der Waals surface area contributed by atoms with Crippen LogP contribution in [0.5, 0.6) is 5.75 Å². The van der Waals surface area contributed by atoms with E-state index in [1.54, 1.807) is 12.1 Å². The summed E-state index contributed by atoms with van der Waals surface area (Å²) in [5.41, 5.74) is 0. The highest BCUT2D eigenvalue weighted by Gasteiger charge is 2.03. The summed E-state index contributed by atoms with van der Waals surface area (Å²) < 4.78 is 10.7. The molecule has 0 aliphatic rings. The summed E-state index contributed by atoms with van der Waals surface area (Å²) in [7, 11) is 0. The third-order valence-electron chi connectivity index (χ3n) is 2.79. The van der Waals surface area contributed by atoms with Crippen molar-refractivity contribution in [1.29, 1.82) is 0 Å². The van der Waals surface area contributed by atoms with Crippen LogP contribution in [0.15, 0.2) is 30.3 Å². The predicted octanol–water partition coefficient (Wildman–Crippen LogP) is 3.97. The molecule has 0 saturated carbocycles. The lowest BCUT2D eigenvalue weighted by Crippen LogP contribution is -2.08. The van der Waals surface area contributed by atoms with Gasteiger partial charge < -0.3 is 9.47 Å². The molecule has 1 aromatic rings. The van der Waals surface area contributed by atoms with Crippen LogP contribution in [0.4, 0.5) is 0 Å². The normalized spacial score (nSPS) is 10.4. The summed E-state index contributed by atoms with van der Waals surface area (Å²) in [4.78, 5) is 11.5. The van der Waals surface area contributed by atoms with Crippen molar-refractivity contribution in [3.05, 3.63) is 30.3 Å². The summed E-state index contributed by atoms with van der Waals surface area (Å²) in [6.45, 7) is 3.75. The number of hydrogen-bond acceptors (Lipinski definition) is 3. The van der Waals surface area contributed by atoms with Gasteiger partial charge in [-0.1, -0.05) is 38.0 Å². The Morgan fingerprint density at radius 1 is 1.00 bits per heavy atom. The van der Waals surface area contributed by atoms with E-state index in [1.807, 2.05) is 18.2 Å². The molecule has 1 aromatic carbocycles. The molecule has 0 aliphatic heterocycles. The first kappa shape index (κ1) is 15.7. The summed E-state index contributed by atoms with van der Waals surface area (Å²) in [5, 5.41) is 0. The Hall–Kier alpha value is -1.35. The molecule has 0 spiro atoms. The van der Waals surface area contributed by atoms with Gasteiger partial charge in [-0.15, -0.1) is 0 Å². The Labute approximate surface area is 115 Å². The average molecular weight is 264 g/mol. The molecule has 0 atom stereocenters. The van der Waals surface area contributed by atoms with Crippen LogP contribution in [-0.2, 0) is 9.53 Å². The van der Waals surface area contributed by atoms with Crippen molar-refractivity contribution >= 4 is 5.97 Å². The first-order valence-corrected chi connectivity index (χ1v) is 7.16. The van der Waals surface area contributed by atoms with Gasteiger partial charge in [-0.3, -0.25) is 4.79 Å². The molecule has 0 fully saturated rings. The van der Waals surface area contributed by atoms with Crippen molar-refractivity contribution in [2.24, 2.45) is 0 Å². The molecular formula is C16H24O3. The van der Waals surface area contributed by atoms with Gasteiger partial charge in [0, 0.05) is 19.6 Å². The molecule has 0 N–H and O–H groups in total. The second kappa shape index (κ2) is 10.6. The second-order valence-corrected chi connectivity index (χ2v) is 4.56. The first-order valence-electron chi connectivity index (χ1n) is 7.16. The van der Waals surface area contributed by atoms with E-state index < -0.39 is 0 Å². The smallest absolute Gasteiger partial charge is 0.311 e. The highest BCUT2D eigenvalue weighted by atomic mass is 16.5. The molecule has 0 aliphatic carbocycles. The number of ether oxygens (including phenoxy) is 2. The first-order chi connectivity index (χ1) is 9.33. The Morgan fingerprint density at radius 3 is 2.37 bits per heavy atom. The Kier molecular flexibility index (Phi) is 8.73. The molecular weight excluding hydrogens is 240 g/mol. The number of unbranched alkanes of at least 4 members (excludes halogenated alkanes) is 3. The molecule has 1 rings (SSSR count). The average Bonchev–Trinajstić information content (AvgIpc) is 2.43. The van der Waals surface area contributed by atoms with Crippen molar-refractivity contribution in [2.75, 3.05) is 13.2 Å². The Balaban J connectivity index is 1.96. The molecule has 0 unspecified atom stereocenters. The topological polar surface area (TPSA) is 35.5 Å². The Bertz CT molecular complexity index is 335. The molecule has 19 heavy (non-hydrogen) atoms. The molecule has 0 radical (unpaired) electrons. The third kappa shape index (κ3) is 8.38. The number of carbonyl (C=O) groups excluding carboxylic acids is 1. The molecule has 0 bridgehead atoms. The maximum atomic E-state index is 11.5. The minimum absolute atomic E-state index is 0.169. The van der Waals surface area contributed by atoms with Gasteiger partial charge in [0.05, 0.1) is 0 Å². The molecule has 0 aromatic heterocycles. The number of rotatable bonds is 10. The maximum absolute atomic E-state index is 11.5. The lowest BCUT2D eigenvalue weighted by atomic mass is 10.2. The van der Waals surface area contributed by atoms with Crippen LogP contribution in [0.1, 0.15) is 45.4 Å². The van der Waals surface area contributed by atoms with Gasteiger partial charge >= 0.3 is 5.97 Å². The zero-order chi connectivity index (χ0) is 13.8. The zero-order valence-electron chi connectivity index (χ0n) is 11.8. The third-order valence-corrected chi connectivity index (χ3v) is 2.79. The minimum Gasteiger partial charge on any atom is -0.427 e. The quantitative estimate of drug-likeness (QED) is 0.364. The van der Waals surface area contributed by atoms with Gasteiger partial charge in [0.2, 0.25) is 0 Å². The number of esters is 1. The molecule has 0 amide bonds. The summed E-state index contributed by atoms with van der Waals surface area (Å²) in [6, 6.07) is 9.18. The van der Waals surface area contributed by atoms with E-state index in [9.17, 15) is 4.79 Å². The molecule has 3 heteroatoms. The van der Waals surface area contributed by atoms with Gasteiger partial charge in [-0.2, -0.15) is 0 Å². The summed E-state index contributed by atoms with van der Waals surface area (Å²) in [5.74, 6) is 0.445. The Morgan fingerprint density at radius 2 is 1.68 bits per heavy atom.